The van der Waals surface area contributed by atoms with Crippen LogP contribution in [0.2, 0.25) is 0 Å². The molecule has 0 spiro atoms. The van der Waals surface area contributed by atoms with Crippen molar-refractivity contribution in [3.63, 3.8) is 0 Å². The summed E-state index contributed by atoms with van der Waals surface area (Å²) in [5, 5.41) is 3.47. The monoisotopic (exact) mass is 245 g/mol. The third kappa shape index (κ3) is 4.92. The average Bonchev–Trinajstić information content (AvgIpc) is 2.26. The molecule has 0 amide bonds. The summed E-state index contributed by atoms with van der Waals surface area (Å²) in [4.78, 5) is 0. The summed E-state index contributed by atoms with van der Waals surface area (Å²) in [6.45, 7) is 8.61. The van der Waals surface area contributed by atoms with Gasteiger partial charge in [-0.2, -0.15) is 0 Å². The molecule has 1 saturated carbocycles. The number of nitrogens with one attached hydrogen (secondary N) is 1. The van der Waals surface area contributed by atoms with Gasteiger partial charge in [0.2, 0.25) is 0 Å². The van der Waals surface area contributed by atoms with E-state index in [0.29, 0.717) is 19.3 Å². The van der Waals surface area contributed by atoms with Gasteiger partial charge < -0.3 is 19.5 Å². The maximum absolute atomic E-state index is 5.75. The fourth-order valence-electron chi connectivity index (χ4n) is 2.07. The van der Waals surface area contributed by atoms with Crippen molar-refractivity contribution in [2.75, 3.05) is 26.9 Å². The Morgan fingerprint density at radius 2 is 2.06 bits per heavy atom. The van der Waals surface area contributed by atoms with Crippen LogP contribution in [-0.4, -0.2) is 51.2 Å². The van der Waals surface area contributed by atoms with E-state index in [1.54, 1.807) is 7.11 Å². The Morgan fingerprint density at radius 3 is 2.65 bits per heavy atom. The van der Waals surface area contributed by atoms with Gasteiger partial charge in [0, 0.05) is 13.2 Å². The molecule has 1 aliphatic carbocycles. The Morgan fingerprint density at radius 1 is 1.29 bits per heavy atom. The van der Waals surface area contributed by atoms with Gasteiger partial charge >= 0.3 is 0 Å². The van der Waals surface area contributed by atoms with Crippen molar-refractivity contribution < 1.29 is 14.2 Å². The lowest BCUT2D eigenvalue weighted by Gasteiger charge is -2.43. The van der Waals surface area contributed by atoms with E-state index in [1.807, 2.05) is 13.8 Å². The lowest BCUT2D eigenvalue weighted by molar-refractivity contribution is -0.142. The van der Waals surface area contributed by atoms with Crippen molar-refractivity contribution in [1.29, 1.82) is 0 Å². The van der Waals surface area contributed by atoms with E-state index in [-0.39, 0.29) is 18.3 Å². The number of hydrogen-bond donors (Lipinski definition) is 1. The number of methoxy groups -OCH3 is 1. The first kappa shape index (κ1) is 14.9. The zero-order chi connectivity index (χ0) is 12.7. The van der Waals surface area contributed by atoms with Crippen molar-refractivity contribution in [3.05, 3.63) is 0 Å². The Hall–Kier alpha value is -0.160. The molecule has 0 aliphatic heterocycles. The fourth-order valence-corrected chi connectivity index (χ4v) is 2.07. The number of rotatable bonds is 9. The van der Waals surface area contributed by atoms with Crippen LogP contribution >= 0.6 is 0 Å². The molecule has 3 atom stereocenters. The van der Waals surface area contributed by atoms with Crippen molar-refractivity contribution in [2.24, 2.45) is 0 Å². The van der Waals surface area contributed by atoms with Crippen LogP contribution in [0.1, 0.15) is 33.6 Å². The van der Waals surface area contributed by atoms with Crippen LogP contribution in [0.4, 0.5) is 0 Å². The molecule has 1 N–H and O–H groups in total. The van der Waals surface area contributed by atoms with E-state index in [0.717, 1.165) is 19.4 Å². The topological polar surface area (TPSA) is 39.7 Å². The highest BCUT2D eigenvalue weighted by Gasteiger charge is 2.41. The summed E-state index contributed by atoms with van der Waals surface area (Å²) in [6, 6.07) is 0.455. The second-order valence-corrected chi connectivity index (χ2v) is 4.83. The lowest BCUT2D eigenvalue weighted by atomic mass is 9.85. The van der Waals surface area contributed by atoms with Crippen molar-refractivity contribution in [1.82, 2.24) is 5.32 Å². The van der Waals surface area contributed by atoms with Gasteiger partial charge in [-0.1, -0.05) is 6.92 Å². The minimum atomic E-state index is 0.195. The van der Waals surface area contributed by atoms with E-state index in [2.05, 4.69) is 12.2 Å². The summed E-state index contributed by atoms with van der Waals surface area (Å²) in [7, 11) is 1.76. The summed E-state index contributed by atoms with van der Waals surface area (Å²) in [5.74, 6) is 0. The zero-order valence-electron chi connectivity index (χ0n) is 11.6. The Labute approximate surface area is 105 Å². The zero-order valence-corrected chi connectivity index (χ0v) is 11.6. The molecule has 1 aliphatic rings. The number of ether oxygens (including phenoxy) is 3. The third-order valence-electron chi connectivity index (χ3n) is 3.04. The lowest BCUT2D eigenvalue weighted by Crippen LogP contribution is -2.60. The molecule has 0 aromatic rings. The van der Waals surface area contributed by atoms with Crippen LogP contribution in [0.3, 0.4) is 0 Å². The van der Waals surface area contributed by atoms with Gasteiger partial charge in [0.15, 0.2) is 0 Å². The minimum Gasteiger partial charge on any atom is -0.377 e. The van der Waals surface area contributed by atoms with Gasteiger partial charge in [-0.05, 0) is 33.2 Å². The molecular formula is C13H27NO3. The highest BCUT2D eigenvalue weighted by atomic mass is 16.6. The highest BCUT2D eigenvalue weighted by molar-refractivity contribution is 4.96. The molecule has 1 rings (SSSR count). The maximum Gasteiger partial charge on any atom is 0.0986 e. The first-order valence-electron chi connectivity index (χ1n) is 6.68. The summed E-state index contributed by atoms with van der Waals surface area (Å²) >= 11 is 0. The second kappa shape index (κ2) is 8.03. The third-order valence-corrected chi connectivity index (χ3v) is 3.04. The molecule has 0 radical (unpaired) electrons. The van der Waals surface area contributed by atoms with Gasteiger partial charge in [0.1, 0.15) is 0 Å². The molecule has 0 heterocycles. The van der Waals surface area contributed by atoms with E-state index < -0.39 is 0 Å². The molecule has 0 aromatic heterocycles. The maximum atomic E-state index is 5.75. The van der Waals surface area contributed by atoms with E-state index in [1.165, 1.54) is 0 Å². The Kier molecular flexibility index (Phi) is 7.04. The van der Waals surface area contributed by atoms with Crippen LogP contribution < -0.4 is 5.32 Å². The normalized spacial score (nSPS) is 28.4. The molecule has 0 aromatic carbocycles. The molecule has 0 bridgehead atoms. The quantitative estimate of drug-likeness (QED) is 0.626. The van der Waals surface area contributed by atoms with Crippen LogP contribution in [-0.2, 0) is 14.2 Å². The smallest absolute Gasteiger partial charge is 0.0986 e. The first-order valence-corrected chi connectivity index (χ1v) is 6.68. The van der Waals surface area contributed by atoms with Gasteiger partial charge in [0.25, 0.3) is 0 Å². The summed E-state index contributed by atoms with van der Waals surface area (Å²) < 4.78 is 16.7. The predicted octanol–water partition coefficient (Wildman–Crippen LogP) is 1.58. The van der Waals surface area contributed by atoms with Crippen LogP contribution in [0.15, 0.2) is 0 Å². The minimum absolute atomic E-state index is 0.195. The SMILES string of the molecule is CCCNC1CC(OCCOC(C)C)C1OC. The fraction of sp³-hybridized carbons (Fsp3) is 1.00. The van der Waals surface area contributed by atoms with E-state index in [4.69, 9.17) is 14.2 Å². The standard InChI is InChI=1S/C13H27NO3/c1-5-6-14-11-9-12(13(11)15-4)17-8-7-16-10(2)3/h10-14H,5-9H2,1-4H3. The summed E-state index contributed by atoms with van der Waals surface area (Å²) in [5.41, 5.74) is 0. The van der Waals surface area contributed by atoms with Crippen LogP contribution in [0, 0.1) is 0 Å². The second-order valence-electron chi connectivity index (χ2n) is 4.83. The molecule has 4 heteroatoms. The number of hydrogen-bond acceptors (Lipinski definition) is 4. The molecule has 0 saturated heterocycles. The molecular weight excluding hydrogens is 218 g/mol. The van der Waals surface area contributed by atoms with Crippen molar-refractivity contribution >= 4 is 0 Å². The highest BCUT2D eigenvalue weighted by Crippen LogP contribution is 2.26. The van der Waals surface area contributed by atoms with E-state index >= 15 is 0 Å². The Bertz CT molecular complexity index is 199. The van der Waals surface area contributed by atoms with Crippen molar-refractivity contribution in [3.8, 4) is 0 Å². The van der Waals surface area contributed by atoms with Crippen LogP contribution in [0.5, 0.6) is 0 Å². The molecule has 3 unspecified atom stereocenters. The average molecular weight is 245 g/mol. The largest absolute Gasteiger partial charge is 0.377 e. The molecule has 17 heavy (non-hydrogen) atoms. The van der Waals surface area contributed by atoms with Gasteiger partial charge in [-0.15, -0.1) is 0 Å². The van der Waals surface area contributed by atoms with Crippen LogP contribution in [0.25, 0.3) is 0 Å². The van der Waals surface area contributed by atoms with Gasteiger partial charge in [-0.3, -0.25) is 0 Å². The van der Waals surface area contributed by atoms with Gasteiger partial charge in [0.05, 0.1) is 31.5 Å². The molecule has 4 nitrogen and oxygen atoms in total. The predicted molar refractivity (Wildman–Crippen MR) is 68.3 cm³/mol. The van der Waals surface area contributed by atoms with Crippen molar-refractivity contribution in [2.45, 2.75) is 58.0 Å². The molecule has 102 valence electrons. The summed E-state index contributed by atoms with van der Waals surface area (Å²) in [6.07, 6.45) is 2.89. The Balaban J connectivity index is 2.10. The molecule has 1 fully saturated rings. The van der Waals surface area contributed by atoms with Gasteiger partial charge in [-0.25, -0.2) is 0 Å². The first-order chi connectivity index (χ1) is 8.19. The van der Waals surface area contributed by atoms with E-state index in [9.17, 15) is 0 Å².